The van der Waals surface area contributed by atoms with Crippen LogP contribution in [0.2, 0.25) is 0 Å². The number of rotatable bonds is 8. The first-order valence-electron chi connectivity index (χ1n) is 9.40. The summed E-state index contributed by atoms with van der Waals surface area (Å²) in [5.41, 5.74) is 2.79. The normalized spacial score (nSPS) is 10.4. The minimum atomic E-state index is -0.00276. The maximum atomic E-state index is 13.2. The van der Waals surface area contributed by atoms with Gasteiger partial charge in [-0.1, -0.05) is 52.3 Å². The van der Waals surface area contributed by atoms with Crippen molar-refractivity contribution < 1.29 is 14.3 Å². The van der Waals surface area contributed by atoms with E-state index >= 15 is 0 Å². The number of nitrogens with zero attached hydrogens (tertiary/aromatic N) is 1. The molecule has 3 rings (SSSR count). The molecule has 4 nitrogen and oxygen atoms in total. The van der Waals surface area contributed by atoms with Gasteiger partial charge in [0, 0.05) is 23.1 Å². The molecule has 0 aliphatic rings. The van der Waals surface area contributed by atoms with Gasteiger partial charge in [-0.3, -0.25) is 4.79 Å². The second kappa shape index (κ2) is 10.1. The molecule has 0 saturated carbocycles. The molecule has 3 aromatic carbocycles. The number of hydrogen-bond donors (Lipinski definition) is 0. The summed E-state index contributed by atoms with van der Waals surface area (Å²) in [5, 5.41) is 0. The Morgan fingerprint density at radius 1 is 0.931 bits per heavy atom. The van der Waals surface area contributed by atoms with E-state index in [0.29, 0.717) is 25.1 Å². The Labute approximate surface area is 180 Å². The van der Waals surface area contributed by atoms with E-state index in [4.69, 9.17) is 9.47 Å². The number of para-hydroxylation sites is 1. The van der Waals surface area contributed by atoms with Crippen LogP contribution < -0.4 is 9.47 Å². The first-order valence-corrected chi connectivity index (χ1v) is 10.2. The minimum absolute atomic E-state index is 0.00276. The van der Waals surface area contributed by atoms with Crippen LogP contribution in [0.3, 0.4) is 0 Å². The number of ether oxygens (including phenoxy) is 2. The third kappa shape index (κ3) is 5.61. The highest BCUT2D eigenvalue weighted by molar-refractivity contribution is 9.10. The Bertz CT molecular complexity index is 956. The summed E-state index contributed by atoms with van der Waals surface area (Å²) in [4.78, 5) is 15.1. The fraction of sp³-hybridized carbons (Fsp3) is 0.208. The third-order valence-corrected chi connectivity index (χ3v) is 5.23. The van der Waals surface area contributed by atoms with Crippen LogP contribution in [0.25, 0.3) is 0 Å². The molecule has 0 heterocycles. The molecule has 0 radical (unpaired) electrons. The van der Waals surface area contributed by atoms with Crippen LogP contribution >= 0.6 is 15.9 Å². The molecule has 3 aromatic rings. The van der Waals surface area contributed by atoms with Gasteiger partial charge in [0.2, 0.25) is 0 Å². The predicted octanol–water partition coefficient (Wildman–Crippen LogP) is 5.35. The molecule has 0 unspecified atom stereocenters. The standard InChI is InChI=1S/C24H24BrNO3/c1-28-22-12-10-18(11-13-22)17-26(24(27)20-7-5-8-21(25)16-20)15-14-19-6-3-4-9-23(19)29-2/h3-13,16H,14-15,17H2,1-2H3. The first kappa shape index (κ1) is 20.9. The van der Waals surface area contributed by atoms with Gasteiger partial charge in [-0.2, -0.15) is 0 Å². The van der Waals surface area contributed by atoms with Crippen molar-refractivity contribution in [3.8, 4) is 11.5 Å². The molecule has 0 aliphatic carbocycles. The van der Waals surface area contributed by atoms with Crippen molar-refractivity contribution in [3.05, 3.63) is 94.0 Å². The van der Waals surface area contributed by atoms with E-state index in [0.717, 1.165) is 27.1 Å². The van der Waals surface area contributed by atoms with Crippen molar-refractivity contribution >= 4 is 21.8 Å². The van der Waals surface area contributed by atoms with Crippen LogP contribution in [0.15, 0.2) is 77.3 Å². The maximum absolute atomic E-state index is 13.2. The minimum Gasteiger partial charge on any atom is -0.497 e. The summed E-state index contributed by atoms with van der Waals surface area (Å²) in [7, 11) is 3.31. The molecule has 0 fully saturated rings. The monoisotopic (exact) mass is 453 g/mol. The van der Waals surface area contributed by atoms with Crippen LogP contribution in [0, 0.1) is 0 Å². The molecule has 0 atom stereocenters. The van der Waals surface area contributed by atoms with Gasteiger partial charge in [-0.25, -0.2) is 0 Å². The number of carbonyl (C=O) groups is 1. The van der Waals surface area contributed by atoms with Crippen molar-refractivity contribution in [3.63, 3.8) is 0 Å². The Balaban J connectivity index is 1.82. The first-order chi connectivity index (χ1) is 14.1. The van der Waals surface area contributed by atoms with Gasteiger partial charge in [0.05, 0.1) is 14.2 Å². The summed E-state index contributed by atoms with van der Waals surface area (Å²) < 4.78 is 11.6. The molecule has 29 heavy (non-hydrogen) atoms. The maximum Gasteiger partial charge on any atom is 0.254 e. The lowest BCUT2D eigenvalue weighted by atomic mass is 10.1. The molecule has 0 bridgehead atoms. The van der Waals surface area contributed by atoms with E-state index in [1.54, 1.807) is 14.2 Å². The predicted molar refractivity (Wildman–Crippen MR) is 119 cm³/mol. The quantitative estimate of drug-likeness (QED) is 0.461. The summed E-state index contributed by atoms with van der Waals surface area (Å²) in [6.07, 6.45) is 0.708. The van der Waals surface area contributed by atoms with Gasteiger partial charge in [-0.15, -0.1) is 0 Å². The van der Waals surface area contributed by atoms with E-state index in [9.17, 15) is 4.79 Å². The van der Waals surface area contributed by atoms with Gasteiger partial charge in [-0.05, 0) is 53.9 Å². The zero-order valence-corrected chi connectivity index (χ0v) is 18.2. The number of amides is 1. The fourth-order valence-corrected chi connectivity index (χ4v) is 3.57. The number of hydrogen-bond acceptors (Lipinski definition) is 3. The Hall–Kier alpha value is -2.79. The van der Waals surface area contributed by atoms with E-state index < -0.39 is 0 Å². The molecule has 0 aliphatic heterocycles. The zero-order chi connectivity index (χ0) is 20.6. The average Bonchev–Trinajstić information content (AvgIpc) is 2.76. The largest absolute Gasteiger partial charge is 0.497 e. The molecule has 0 spiro atoms. The van der Waals surface area contributed by atoms with Crippen LogP contribution in [0.4, 0.5) is 0 Å². The number of benzene rings is 3. The Morgan fingerprint density at radius 2 is 1.69 bits per heavy atom. The second-order valence-electron chi connectivity index (χ2n) is 6.65. The van der Waals surface area contributed by atoms with E-state index in [1.807, 2.05) is 77.7 Å². The summed E-state index contributed by atoms with van der Waals surface area (Å²) in [6.45, 7) is 1.10. The van der Waals surface area contributed by atoms with Crippen LogP contribution in [0.5, 0.6) is 11.5 Å². The molecule has 1 amide bonds. The molecule has 0 aromatic heterocycles. The van der Waals surface area contributed by atoms with Crippen molar-refractivity contribution in [1.29, 1.82) is 0 Å². The van der Waals surface area contributed by atoms with Crippen LogP contribution in [0.1, 0.15) is 21.5 Å². The topological polar surface area (TPSA) is 38.8 Å². The molecule has 5 heteroatoms. The van der Waals surface area contributed by atoms with E-state index in [1.165, 1.54) is 0 Å². The lowest BCUT2D eigenvalue weighted by Gasteiger charge is -2.24. The van der Waals surface area contributed by atoms with Gasteiger partial charge in [0.1, 0.15) is 11.5 Å². The Kier molecular flexibility index (Phi) is 7.30. The van der Waals surface area contributed by atoms with Gasteiger partial charge in [0.15, 0.2) is 0 Å². The highest BCUT2D eigenvalue weighted by atomic mass is 79.9. The molecular formula is C24H24BrNO3. The third-order valence-electron chi connectivity index (χ3n) is 4.73. The fourth-order valence-electron chi connectivity index (χ4n) is 3.17. The van der Waals surface area contributed by atoms with Crippen molar-refractivity contribution in [2.45, 2.75) is 13.0 Å². The van der Waals surface area contributed by atoms with Gasteiger partial charge < -0.3 is 14.4 Å². The smallest absolute Gasteiger partial charge is 0.254 e. The lowest BCUT2D eigenvalue weighted by molar-refractivity contribution is 0.0744. The van der Waals surface area contributed by atoms with Crippen LogP contribution in [-0.4, -0.2) is 31.6 Å². The molecular weight excluding hydrogens is 430 g/mol. The van der Waals surface area contributed by atoms with Crippen LogP contribution in [-0.2, 0) is 13.0 Å². The van der Waals surface area contributed by atoms with Gasteiger partial charge >= 0.3 is 0 Å². The lowest BCUT2D eigenvalue weighted by Crippen LogP contribution is -2.32. The summed E-state index contributed by atoms with van der Waals surface area (Å²) in [5.74, 6) is 1.64. The van der Waals surface area contributed by atoms with Gasteiger partial charge in [0.25, 0.3) is 5.91 Å². The van der Waals surface area contributed by atoms with Crippen molar-refractivity contribution in [2.75, 3.05) is 20.8 Å². The zero-order valence-electron chi connectivity index (χ0n) is 16.6. The molecule has 0 saturated heterocycles. The second-order valence-corrected chi connectivity index (χ2v) is 7.56. The van der Waals surface area contributed by atoms with E-state index in [2.05, 4.69) is 15.9 Å². The van der Waals surface area contributed by atoms with Crippen molar-refractivity contribution in [1.82, 2.24) is 4.90 Å². The number of carbonyl (C=O) groups excluding carboxylic acids is 1. The van der Waals surface area contributed by atoms with Crippen molar-refractivity contribution in [2.24, 2.45) is 0 Å². The summed E-state index contributed by atoms with van der Waals surface area (Å²) in [6, 6.07) is 23.2. The Morgan fingerprint density at radius 3 is 2.38 bits per heavy atom. The number of halogens is 1. The highest BCUT2D eigenvalue weighted by Gasteiger charge is 2.17. The average molecular weight is 454 g/mol. The highest BCUT2D eigenvalue weighted by Crippen LogP contribution is 2.21. The van der Waals surface area contributed by atoms with E-state index in [-0.39, 0.29) is 5.91 Å². The SMILES string of the molecule is COc1ccc(CN(CCc2ccccc2OC)C(=O)c2cccc(Br)c2)cc1. The molecule has 150 valence electrons. The molecule has 0 N–H and O–H groups in total. The number of methoxy groups -OCH3 is 2. The summed E-state index contributed by atoms with van der Waals surface area (Å²) >= 11 is 3.46.